The van der Waals surface area contributed by atoms with Crippen LogP contribution in [0.4, 0.5) is 10.1 Å². The summed E-state index contributed by atoms with van der Waals surface area (Å²) < 4.78 is 12.8. The molecule has 1 unspecified atom stereocenters. The summed E-state index contributed by atoms with van der Waals surface area (Å²) in [5.41, 5.74) is 0.844. The first-order valence-electron chi connectivity index (χ1n) is 5.42. The Morgan fingerprint density at radius 3 is 2.80 bits per heavy atom. The van der Waals surface area contributed by atoms with E-state index in [1.807, 2.05) is 0 Å². The Balaban J connectivity index is 2.08. The van der Waals surface area contributed by atoms with Crippen LogP contribution < -0.4 is 5.32 Å². The zero-order chi connectivity index (χ0) is 10.8. The monoisotopic (exact) mass is 227 g/mol. The molecule has 0 saturated heterocycles. The molecule has 3 heteroatoms. The van der Waals surface area contributed by atoms with Crippen molar-refractivity contribution in [2.45, 2.75) is 32.2 Å². The van der Waals surface area contributed by atoms with Gasteiger partial charge >= 0.3 is 0 Å². The lowest BCUT2D eigenvalue weighted by molar-refractivity contribution is 0.614. The molecule has 0 bridgehead atoms. The Bertz CT molecular complexity index is 349. The molecule has 0 heterocycles. The molecule has 0 radical (unpaired) electrons. The Hall–Kier alpha value is -0.760. The highest BCUT2D eigenvalue weighted by Crippen LogP contribution is 2.36. The Kier molecular flexibility index (Phi) is 3.15. The fourth-order valence-electron chi connectivity index (χ4n) is 1.86. The number of anilines is 1. The smallest absolute Gasteiger partial charge is 0.124 e. The van der Waals surface area contributed by atoms with Gasteiger partial charge in [-0.1, -0.05) is 18.5 Å². The predicted molar refractivity (Wildman–Crippen MR) is 61.8 cm³/mol. The van der Waals surface area contributed by atoms with E-state index in [1.54, 1.807) is 6.07 Å². The molecule has 1 atom stereocenters. The van der Waals surface area contributed by atoms with Crippen LogP contribution in [-0.4, -0.2) is 6.04 Å². The molecule has 1 aromatic carbocycles. The first-order chi connectivity index (χ1) is 7.20. The van der Waals surface area contributed by atoms with Crippen LogP contribution in [0, 0.1) is 11.7 Å². The van der Waals surface area contributed by atoms with Crippen LogP contribution in [0.5, 0.6) is 0 Å². The number of hydrogen-bond donors (Lipinski definition) is 1. The van der Waals surface area contributed by atoms with Crippen LogP contribution >= 0.6 is 11.6 Å². The lowest BCUT2D eigenvalue weighted by Crippen LogP contribution is -2.20. The highest BCUT2D eigenvalue weighted by Gasteiger charge is 2.30. The van der Waals surface area contributed by atoms with Crippen LogP contribution in [0.15, 0.2) is 18.2 Å². The molecule has 1 aliphatic rings. The third-order valence-corrected chi connectivity index (χ3v) is 3.22. The fraction of sp³-hybridized carbons (Fsp3) is 0.500. The molecule has 15 heavy (non-hydrogen) atoms. The summed E-state index contributed by atoms with van der Waals surface area (Å²) in [6.07, 6.45) is 3.67. The van der Waals surface area contributed by atoms with E-state index in [9.17, 15) is 4.39 Å². The van der Waals surface area contributed by atoms with Gasteiger partial charge in [0.05, 0.1) is 10.7 Å². The molecule has 1 fully saturated rings. The van der Waals surface area contributed by atoms with Gasteiger partial charge in [-0.2, -0.15) is 0 Å². The van der Waals surface area contributed by atoms with E-state index in [1.165, 1.54) is 25.0 Å². The lowest BCUT2D eigenvalue weighted by Gasteiger charge is -2.18. The highest BCUT2D eigenvalue weighted by molar-refractivity contribution is 6.33. The number of benzene rings is 1. The van der Waals surface area contributed by atoms with E-state index >= 15 is 0 Å². The number of nitrogens with one attached hydrogen (secondary N) is 1. The first-order valence-corrected chi connectivity index (χ1v) is 5.80. The second kappa shape index (κ2) is 4.40. The van der Waals surface area contributed by atoms with Crippen LogP contribution in [0.2, 0.25) is 5.02 Å². The summed E-state index contributed by atoms with van der Waals surface area (Å²) >= 11 is 5.95. The second-order valence-electron chi connectivity index (χ2n) is 4.12. The van der Waals surface area contributed by atoms with E-state index in [4.69, 9.17) is 11.6 Å². The molecular weight excluding hydrogens is 213 g/mol. The van der Waals surface area contributed by atoms with Crippen LogP contribution in [0.3, 0.4) is 0 Å². The molecule has 1 nitrogen and oxygen atoms in total. The van der Waals surface area contributed by atoms with Gasteiger partial charge in [0.2, 0.25) is 0 Å². The van der Waals surface area contributed by atoms with E-state index in [0.29, 0.717) is 11.1 Å². The summed E-state index contributed by atoms with van der Waals surface area (Å²) in [5, 5.41) is 3.85. The molecule has 1 aliphatic carbocycles. The maximum Gasteiger partial charge on any atom is 0.124 e. The topological polar surface area (TPSA) is 12.0 Å². The molecule has 0 aromatic heterocycles. The van der Waals surface area contributed by atoms with Gasteiger partial charge in [0.1, 0.15) is 5.82 Å². The third kappa shape index (κ3) is 2.63. The standard InChI is InChI=1S/C12H15ClFN/c1-2-11(8-3-4-8)15-12-6-5-9(14)7-10(12)13/h5-8,11,15H,2-4H2,1H3. The molecule has 2 rings (SSSR count). The largest absolute Gasteiger partial charge is 0.381 e. The fourth-order valence-corrected chi connectivity index (χ4v) is 2.08. The maximum absolute atomic E-state index is 12.8. The maximum atomic E-state index is 12.8. The average molecular weight is 228 g/mol. The predicted octanol–water partition coefficient (Wildman–Crippen LogP) is 4.08. The summed E-state index contributed by atoms with van der Waals surface area (Å²) in [6.45, 7) is 2.16. The summed E-state index contributed by atoms with van der Waals surface area (Å²) in [6, 6.07) is 4.98. The minimum absolute atomic E-state index is 0.287. The number of rotatable bonds is 4. The van der Waals surface area contributed by atoms with Crippen molar-refractivity contribution in [2.75, 3.05) is 5.32 Å². The van der Waals surface area contributed by atoms with Gasteiger partial charge in [0.15, 0.2) is 0 Å². The Morgan fingerprint density at radius 1 is 1.53 bits per heavy atom. The SMILES string of the molecule is CCC(Nc1ccc(F)cc1Cl)C1CC1. The minimum atomic E-state index is -0.287. The molecule has 1 saturated carbocycles. The summed E-state index contributed by atoms with van der Waals surface area (Å²) in [4.78, 5) is 0. The highest BCUT2D eigenvalue weighted by atomic mass is 35.5. The summed E-state index contributed by atoms with van der Waals surface area (Å²) in [5.74, 6) is 0.487. The van der Waals surface area contributed by atoms with E-state index in [0.717, 1.165) is 18.0 Å². The van der Waals surface area contributed by atoms with Crippen molar-refractivity contribution >= 4 is 17.3 Å². The van der Waals surface area contributed by atoms with Crippen molar-refractivity contribution < 1.29 is 4.39 Å². The molecule has 1 aromatic rings. The first kappa shape index (κ1) is 10.7. The van der Waals surface area contributed by atoms with Gasteiger partial charge in [0.25, 0.3) is 0 Å². The average Bonchev–Trinajstić information content (AvgIpc) is 3.00. The van der Waals surface area contributed by atoms with Crippen LogP contribution in [-0.2, 0) is 0 Å². The molecule has 0 aliphatic heterocycles. The Labute approximate surface area is 94.6 Å². The normalized spacial score (nSPS) is 17.5. The second-order valence-corrected chi connectivity index (χ2v) is 4.53. The Morgan fingerprint density at radius 2 is 2.27 bits per heavy atom. The van der Waals surface area contributed by atoms with Crippen LogP contribution in [0.25, 0.3) is 0 Å². The third-order valence-electron chi connectivity index (χ3n) is 2.90. The van der Waals surface area contributed by atoms with Gasteiger partial charge in [-0.05, 0) is 43.4 Å². The number of halogens is 2. The van der Waals surface area contributed by atoms with Gasteiger partial charge in [0, 0.05) is 6.04 Å². The van der Waals surface area contributed by atoms with E-state index < -0.39 is 0 Å². The molecule has 0 amide bonds. The zero-order valence-electron chi connectivity index (χ0n) is 8.76. The van der Waals surface area contributed by atoms with Gasteiger partial charge in [-0.25, -0.2) is 4.39 Å². The molecule has 1 N–H and O–H groups in total. The van der Waals surface area contributed by atoms with Gasteiger partial charge in [-0.3, -0.25) is 0 Å². The van der Waals surface area contributed by atoms with Crippen molar-refractivity contribution in [1.82, 2.24) is 0 Å². The van der Waals surface area contributed by atoms with Crippen molar-refractivity contribution in [3.8, 4) is 0 Å². The van der Waals surface area contributed by atoms with Crippen molar-refractivity contribution in [1.29, 1.82) is 0 Å². The summed E-state index contributed by atoms with van der Waals surface area (Å²) in [7, 11) is 0. The van der Waals surface area contributed by atoms with Gasteiger partial charge in [-0.15, -0.1) is 0 Å². The van der Waals surface area contributed by atoms with Crippen molar-refractivity contribution in [3.05, 3.63) is 29.0 Å². The lowest BCUT2D eigenvalue weighted by atomic mass is 10.1. The van der Waals surface area contributed by atoms with Crippen molar-refractivity contribution in [3.63, 3.8) is 0 Å². The molecule has 0 spiro atoms. The molecular formula is C12H15ClFN. The number of hydrogen-bond acceptors (Lipinski definition) is 1. The van der Waals surface area contributed by atoms with Gasteiger partial charge < -0.3 is 5.32 Å². The minimum Gasteiger partial charge on any atom is -0.381 e. The quantitative estimate of drug-likeness (QED) is 0.817. The van der Waals surface area contributed by atoms with E-state index in [-0.39, 0.29) is 5.82 Å². The van der Waals surface area contributed by atoms with Crippen LogP contribution in [0.1, 0.15) is 26.2 Å². The zero-order valence-corrected chi connectivity index (χ0v) is 9.52. The van der Waals surface area contributed by atoms with Crippen molar-refractivity contribution in [2.24, 2.45) is 5.92 Å². The molecule has 82 valence electrons. The van der Waals surface area contributed by atoms with E-state index in [2.05, 4.69) is 12.2 Å².